The summed E-state index contributed by atoms with van der Waals surface area (Å²) in [6.45, 7) is 4.88. The summed E-state index contributed by atoms with van der Waals surface area (Å²) < 4.78 is 9.94. The molecule has 0 fully saturated rings. The van der Waals surface area contributed by atoms with Crippen molar-refractivity contribution in [1.82, 2.24) is 15.1 Å². The third-order valence-corrected chi connectivity index (χ3v) is 2.71. The van der Waals surface area contributed by atoms with Crippen LogP contribution in [0.2, 0.25) is 0 Å². The number of carbonyl (C=O) groups excluding carboxylic acids is 2. The van der Waals surface area contributed by atoms with Crippen LogP contribution < -0.4 is 5.32 Å². The molecule has 0 aliphatic heterocycles. The Labute approximate surface area is 126 Å². The van der Waals surface area contributed by atoms with Gasteiger partial charge in [-0.25, -0.2) is 9.59 Å². The lowest BCUT2D eigenvalue weighted by atomic mass is 10.3. The van der Waals surface area contributed by atoms with Gasteiger partial charge in [0.2, 0.25) is 5.96 Å². The van der Waals surface area contributed by atoms with E-state index in [1.807, 2.05) is 13.8 Å². The highest BCUT2D eigenvalue weighted by molar-refractivity contribution is 5.99. The molecule has 0 aromatic rings. The van der Waals surface area contributed by atoms with Crippen LogP contribution in [-0.2, 0) is 9.47 Å². The molecule has 1 N–H and O–H groups in total. The molecule has 8 heteroatoms. The first-order valence-electron chi connectivity index (χ1n) is 6.84. The van der Waals surface area contributed by atoms with E-state index in [4.69, 9.17) is 4.74 Å². The van der Waals surface area contributed by atoms with E-state index in [-0.39, 0.29) is 18.1 Å². The molecule has 0 aliphatic carbocycles. The number of carbonyl (C=O) groups is 2. The summed E-state index contributed by atoms with van der Waals surface area (Å²) in [7, 11) is 6.12. The molecule has 3 amide bonds. The molecule has 1 unspecified atom stereocenters. The Morgan fingerprint density at radius 1 is 1.24 bits per heavy atom. The summed E-state index contributed by atoms with van der Waals surface area (Å²) in [5, 5.41) is 2.75. The Bertz CT molecular complexity index is 371. The molecule has 122 valence electrons. The van der Waals surface area contributed by atoms with Gasteiger partial charge in [0.25, 0.3) is 0 Å². The highest BCUT2D eigenvalue weighted by Gasteiger charge is 2.19. The van der Waals surface area contributed by atoms with E-state index >= 15 is 0 Å². The van der Waals surface area contributed by atoms with Crippen molar-refractivity contribution in [1.29, 1.82) is 0 Å². The third kappa shape index (κ3) is 6.94. The number of hydrogen-bond acceptors (Lipinski definition) is 4. The van der Waals surface area contributed by atoms with E-state index < -0.39 is 6.09 Å². The molecule has 0 heterocycles. The lowest BCUT2D eigenvalue weighted by Gasteiger charge is -2.25. The molecule has 0 saturated carbocycles. The van der Waals surface area contributed by atoms with Crippen molar-refractivity contribution in [3.05, 3.63) is 0 Å². The quantitative estimate of drug-likeness (QED) is 0.608. The van der Waals surface area contributed by atoms with Gasteiger partial charge in [-0.05, 0) is 13.3 Å². The Kier molecular flexibility index (Phi) is 9.11. The van der Waals surface area contributed by atoms with Gasteiger partial charge in [0.1, 0.15) is 0 Å². The van der Waals surface area contributed by atoms with E-state index in [0.29, 0.717) is 13.2 Å². The Morgan fingerprint density at radius 2 is 1.86 bits per heavy atom. The fourth-order valence-corrected chi connectivity index (χ4v) is 1.57. The van der Waals surface area contributed by atoms with Crippen LogP contribution in [0.15, 0.2) is 4.99 Å². The summed E-state index contributed by atoms with van der Waals surface area (Å²) in [4.78, 5) is 29.8. The zero-order chi connectivity index (χ0) is 16.4. The topological polar surface area (TPSA) is 83.5 Å². The van der Waals surface area contributed by atoms with Crippen molar-refractivity contribution < 1.29 is 19.1 Å². The molecule has 0 aromatic heterocycles. The predicted molar refractivity (Wildman–Crippen MR) is 80.4 cm³/mol. The molecule has 0 radical (unpaired) electrons. The maximum absolute atomic E-state index is 12.1. The number of ether oxygens (including phenoxy) is 2. The van der Waals surface area contributed by atoms with Gasteiger partial charge in [0.05, 0.1) is 13.2 Å². The molecular weight excluding hydrogens is 276 g/mol. The van der Waals surface area contributed by atoms with Crippen molar-refractivity contribution >= 4 is 18.1 Å². The monoisotopic (exact) mass is 302 g/mol. The molecule has 0 rings (SSSR count). The van der Waals surface area contributed by atoms with E-state index in [0.717, 1.165) is 6.42 Å². The normalized spacial score (nSPS) is 12.6. The number of nitrogens with one attached hydrogen (secondary N) is 1. The molecule has 1 atom stereocenters. The number of rotatable bonds is 5. The minimum atomic E-state index is -0.765. The smallest absolute Gasteiger partial charge is 0.436 e. The first-order chi connectivity index (χ1) is 9.87. The van der Waals surface area contributed by atoms with Crippen LogP contribution in [0, 0.1) is 0 Å². The first kappa shape index (κ1) is 19.2. The molecule has 0 aliphatic rings. The molecule has 0 spiro atoms. The van der Waals surface area contributed by atoms with Gasteiger partial charge in [0.15, 0.2) is 0 Å². The highest BCUT2D eigenvalue weighted by Crippen LogP contribution is 1.99. The zero-order valence-electron chi connectivity index (χ0n) is 13.7. The van der Waals surface area contributed by atoms with Gasteiger partial charge in [-0.1, -0.05) is 6.92 Å². The lowest BCUT2D eigenvalue weighted by molar-refractivity contribution is 0.0613. The Morgan fingerprint density at radius 3 is 2.29 bits per heavy atom. The van der Waals surface area contributed by atoms with Crippen molar-refractivity contribution in [2.45, 2.75) is 26.4 Å². The van der Waals surface area contributed by atoms with Crippen LogP contribution in [0.4, 0.5) is 9.59 Å². The number of hydrogen-bond donors (Lipinski definition) is 1. The molecule has 0 aromatic carbocycles. The molecule has 21 heavy (non-hydrogen) atoms. The summed E-state index contributed by atoms with van der Waals surface area (Å²) in [5.74, 6) is 0.184. The van der Waals surface area contributed by atoms with Crippen LogP contribution in [-0.4, -0.2) is 75.4 Å². The van der Waals surface area contributed by atoms with Gasteiger partial charge in [-0.15, -0.1) is 4.99 Å². The van der Waals surface area contributed by atoms with Gasteiger partial charge in [-0.2, -0.15) is 0 Å². The number of methoxy groups -OCH3 is 1. The second-order valence-corrected chi connectivity index (χ2v) is 4.51. The first-order valence-corrected chi connectivity index (χ1v) is 6.84. The van der Waals surface area contributed by atoms with Gasteiger partial charge in [0, 0.05) is 34.3 Å². The average Bonchev–Trinajstić information content (AvgIpc) is 2.47. The maximum Gasteiger partial charge on any atom is 0.436 e. The van der Waals surface area contributed by atoms with Crippen LogP contribution in [0.1, 0.15) is 20.3 Å². The van der Waals surface area contributed by atoms with E-state index in [9.17, 15) is 9.59 Å². The summed E-state index contributed by atoms with van der Waals surface area (Å²) in [6.07, 6.45) is 0.000964. The molecule has 8 nitrogen and oxygen atoms in total. The van der Waals surface area contributed by atoms with Gasteiger partial charge < -0.3 is 19.7 Å². The van der Waals surface area contributed by atoms with E-state index in [1.54, 1.807) is 19.0 Å². The summed E-state index contributed by atoms with van der Waals surface area (Å²) in [5.41, 5.74) is 0. The second-order valence-electron chi connectivity index (χ2n) is 4.51. The largest absolute Gasteiger partial charge is 0.451 e. The van der Waals surface area contributed by atoms with Crippen LogP contribution in [0.3, 0.4) is 0 Å². The zero-order valence-corrected chi connectivity index (χ0v) is 13.7. The predicted octanol–water partition coefficient (Wildman–Crippen LogP) is 1.13. The molecule has 0 saturated heterocycles. The number of nitrogens with zero attached hydrogens (tertiary/aromatic N) is 3. The van der Waals surface area contributed by atoms with Gasteiger partial charge in [-0.3, -0.25) is 4.90 Å². The van der Waals surface area contributed by atoms with Crippen LogP contribution in [0.5, 0.6) is 0 Å². The summed E-state index contributed by atoms with van der Waals surface area (Å²) in [6, 6.07) is -0.371. The van der Waals surface area contributed by atoms with Gasteiger partial charge >= 0.3 is 12.1 Å². The van der Waals surface area contributed by atoms with Crippen molar-refractivity contribution in [2.24, 2.45) is 4.99 Å². The second kappa shape index (κ2) is 9.98. The average molecular weight is 302 g/mol. The maximum atomic E-state index is 12.1. The minimum absolute atomic E-state index is 0.0345. The standard InChI is InChI=1S/C13H26N4O4/c1-7-10(21-8-2)9-14-12(18)17(5)11(16(3)4)15-13(19)20-6/h10H,7-9H2,1-6H3,(H,14,18). The van der Waals surface area contributed by atoms with Crippen LogP contribution >= 0.6 is 0 Å². The third-order valence-electron chi connectivity index (χ3n) is 2.71. The van der Waals surface area contributed by atoms with E-state index in [1.165, 1.54) is 19.1 Å². The molecule has 0 bridgehead atoms. The fourth-order valence-electron chi connectivity index (χ4n) is 1.57. The number of guanidine groups is 1. The number of amides is 3. The van der Waals surface area contributed by atoms with E-state index in [2.05, 4.69) is 15.0 Å². The number of aliphatic imine (C=N–C) groups is 1. The molecular formula is C13H26N4O4. The minimum Gasteiger partial charge on any atom is -0.451 e. The fraction of sp³-hybridized carbons (Fsp3) is 0.769. The van der Waals surface area contributed by atoms with Crippen molar-refractivity contribution in [3.8, 4) is 0 Å². The lowest BCUT2D eigenvalue weighted by Crippen LogP contribution is -2.48. The SMILES string of the molecule is CCOC(CC)CNC(=O)N(C)C(=NC(=O)OC)N(C)C. The van der Waals surface area contributed by atoms with Crippen molar-refractivity contribution in [2.75, 3.05) is 41.4 Å². The van der Waals surface area contributed by atoms with Crippen LogP contribution in [0.25, 0.3) is 0 Å². The summed E-state index contributed by atoms with van der Waals surface area (Å²) >= 11 is 0. The highest BCUT2D eigenvalue weighted by atomic mass is 16.5. The Balaban J connectivity index is 4.72. The Hall–Kier alpha value is -1.83. The number of urea groups is 1. The van der Waals surface area contributed by atoms with Crippen molar-refractivity contribution in [3.63, 3.8) is 0 Å².